The molecule has 0 amide bonds. The molecule has 0 radical (unpaired) electrons. The summed E-state index contributed by atoms with van der Waals surface area (Å²) in [7, 11) is 0. The number of hydrogen-bond acceptors (Lipinski definition) is 3. The van der Waals surface area contributed by atoms with Crippen molar-refractivity contribution in [3.05, 3.63) is 152 Å². The zero-order chi connectivity index (χ0) is 23.8. The van der Waals surface area contributed by atoms with Crippen LogP contribution in [0.25, 0.3) is 0 Å². The molecule has 4 rings (SSSR count). The van der Waals surface area contributed by atoms with Crippen LogP contribution in [0.5, 0.6) is 0 Å². The summed E-state index contributed by atoms with van der Waals surface area (Å²) < 4.78 is 8.18. The van der Waals surface area contributed by atoms with Gasteiger partial charge in [0.1, 0.15) is 5.60 Å². The molecule has 1 aromatic heterocycles. The molecule has 1 N–H and O–H groups in total. The Hall–Kier alpha value is -3.96. The van der Waals surface area contributed by atoms with E-state index in [2.05, 4.69) is 41.4 Å². The summed E-state index contributed by atoms with van der Waals surface area (Å²) in [6.07, 6.45) is 5.97. The number of aryl methyl sites for hydroxylation is 1. The predicted octanol–water partition coefficient (Wildman–Crippen LogP) is 4.66. The lowest BCUT2D eigenvalue weighted by Crippen LogP contribution is -2.33. The van der Waals surface area contributed by atoms with Gasteiger partial charge in [-0.05, 0) is 23.1 Å². The second kappa shape index (κ2) is 10.8. The second-order valence-corrected chi connectivity index (χ2v) is 7.98. The van der Waals surface area contributed by atoms with E-state index in [0.717, 1.165) is 16.7 Å². The third-order valence-electron chi connectivity index (χ3n) is 5.87. The summed E-state index contributed by atoms with van der Waals surface area (Å²) in [6, 6.07) is 30.6. The number of hydrogen-bond donors (Lipinski definition) is 1. The summed E-state index contributed by atoms with van der Waals surface area (Å²) in [5.74, 6) is 0. The van der Waals surface area contributed by atoms with Crippen LogP contribution in [-0.2, 0) is 23.3 Å². The van der Waals surface area contributed by atoms with Gasteiger partial charge in [0.2, 0.25) is 0 Å². The topological polar surface area (TPSA) is 64.1 Å². The van der Waals surface area contributed by atoms with Gasteiger partial charge in [-0.25, -0.2) is 4.79 Å². The van der Waals surface area contributed by atoms with Gasteiger partial charge < -0.3 is 4.74 Å². The maximum Gasteiger partial charge on any atom is 0.328 e. The van der Waals surface area contributed by atoms with Gasteiger partial charge >= 0.3 is 5.69 Å². The Morgan fingerprint density at radius 3 is 1.76 bits per heavy atom. The number of aromatic amines is 1. The summed E-state index contributed by atoms with van der Waals surface area (Å²) >= 11 is 0. The van der Waals surface area contributed by atoms with Crippen molar-refractivity contribution in [1.82, 2.24) is 9.55 Å². The minimum absolute atomic E-state index is 0.325. The molecule has 0 aliphatic heterocycles. The summed E-state index contributed by atoms with van der Waals surface area (Å²) in [4.78, 5) is 26.3. The maximum absolute atomic E-state index is 12.1. The van der Waals surface area contributed by atoms with E-state index in [-0.39, 0.29) is 5.56 Å². The van der Waals surface area contributed by atoms with Gasteiger partial charge in [-0.1, -0.05) is 110 Å². The van der Waals surface area contributed by atoms with Gasteiger partial charge in [0.15, 0.2) is 0 Å². The van der Waals surface area contributed by atoms with Crippen molar-refractivity contribution in [2.45, 2.75) is 25.5 Å². The Balaban J connectivity index is 1.65. The zero-order valence-electron chi connectivity index (χ0n) is 19.2. The van der Waals surface area contributed by atoms with Crippen LogP contribution < -0.4 is 11.2 Å². The van der Waals surface area contributed by atoms with E-state index < -0.39 is 11.3 Å². The van der Waals surface area contributed by atoms with E-state index in [1.165, 1.54) is 4.57 Å². The smallest absolute Gasteiger partial charge is 0.328 e. The first kappa shape index (κ1) is 23.2. The number of aromatic nitrogens is 2. The standard InChI is InChI=1S/C29H28N2O3/c1-2-23-22-31(28(33)30-27(23)32)20-12-13-21-34-29(24-14-6-3-7-15-24,25-16-8-4-9-17-25)26-18-10-5-11-19-26/h3-19,22H,2,20-21H2,1H3,(H,30,32,33)/b13-12-. The molecule has 0 spiro atoms. The van der Waals surface area contributed by atoms with Crippen molar-refractivity contribution in [2.24, 2.45) is 0 Å². The average Bonchev–Trinajstić information content (AvgIpc) is 2.89. The molecule has 0 saturated carbocycles. The van der Waals surface area contributed by atoms with E-state index in [4.69, 9.17) is 4.74 Å². The van der Waals surface area contributed by atoms with Crippen LogP contribution in [0, 0.1) is 0 Å². The van der Waals surface area contributed by atoms with Gasteiger partial charge in [0.05, 0.1) is 6.61 Å². The van der Waals surface area contributed by atoms with Gasteiger partial charge in [0, 0.05) is 18.3 Å². The normalized spacial score (nSPS) is 11.7. The highest BCUT2D eigenvalue weighted by molar-refractivity contribution is 5.47. The molecule has 0 atom stereocenters. The van der Waals surface area contributed by atoms with Crippen LogP contribution >= 0.6 is 0 Å². The SMILES string of the molecule is CCc1cn(C/C=C\COC(c2ccccc2)(c2ccccc2)c2ccccc2)c(=O)[nH]c1=O. The van der Waals surface area contributed by atoms with Crippen LogP contribution in [0.4, 0.5) is 0 Å². The number of ether oxygens (including phenoxy) is 1. The Kier molecular flexibility index (Phi) is 7.35. The van der Waals surface area contributed by atoms with Crippen LogP contribution in [0.3, 0.4) is 0 Å². The number of allylic oxidation sites excluding steroid dienone is 1. The Morgan fingerprint density at radius 1 is 0.794 bits per heavy atom. The molecular weight excluding hydrogens is 424 g/mol. The number of benzene rings is 3. The number of nitrogens with zero attached hydrogens (tertiary/aromatic N) is 1. The fourth-order valence-corrected chi connectivity index (χ4v) is 4.14. The summed E-state index contributed by atoms with van der Waals surface area (Å²) in [6.45, 7) is 2.57. The fourth-order valence-electron chi connectivity index (χ4n) is 4.14. The Labute approximate surface area is 199 Å². The maximum atomic E-state index is 12.1. The molecule has 1 heterocycles. The molecule has 0 saturated heterocycles. The van der Waals surface area contributed by atoms with Crippen molar-refractivity contribution in [3.8, 4) is 0 Å². The molecule has 5 heteroatoms. The van der Waals surface area contributed by atoms with Crippen molar-refractivity contribution >= 4 is 0 Å². The number of H-pyrrole nitrogens is 1. The Morgan fingerprint density at radius 2 is 1.29 bits per heavy atom. The quantitative estimate of drug-likeness (QED) is 0.297. The first-order valence-electron chi connectivity index (χ1n) is 11.4. The second-order valence-electron chi connectivity index (χ2n) is 7.98. The largest absolute Gasteiger partial charge is 0.357 e. The van der Waals surface area contributed by atoms with Crippen molar-refractivity contribution in [3.63, 3.8) is 0 Å². The lowest BCUT2D eigenvalue weighted by molar-refractivity contribution is 0.0318. The lowest BCUT2D eigenvalue weighted by Gasteiger charge is -2.35. The summed E-state index contributed by atoms with van der Waals surface area (Å²) in [5, 5.41) is 0. The highest BCUT2D eigenvalue weighted by Gasteiger charge is 2.37. The molecule has 5 nitrogen and oxygen atoms in total. The molecule has 4 aromatic rings. The zero-order valence-corrected chi connectivity index (χ0v) is 19.2. The van der Waals surface area contributed by atoms with E-state index in [1.807, 2.05) is 73.7 Å². The monoisotopic (exact) mass is 452 g/mol. The molecule has 0 bridgehead atoms. The molecule has 3 aromatic carbocycles. The van der Waals surface area contributed by atoms with E-state index in [9.17, 15) is 9.59 Å². The fraction of sp³-hybridized carbons (Fsp3) is 0.172. The highest BCUT2D eigenvalue weighted by atomic mass is 16.5. The van der Waals surface area contributed by atoms with Crippen molar-refractivity contribution in [1.29, 1.82) is 0 Å². The molecule has 0 fully saturated rings. The minimum atomic E-state index is -0.793. The Bertz CT molecular complexity index is 1240. The number of rotatable bonds is 9. The van der Waals surface area contributed by atoms with Gasteiger partial charge in [-0.15, -0.1) is 0 Å². The molecule has 172 valence electrons. The first-order chi connectivity index (χ1) is 16.6. The molecule has 0 unspecified atom stereocenters. The van der Waals surface area contributed by atoms with E-state index in [0.29, 0.717) is 25.1 Å². The summed E-state index contributed by atoms with van der Waals surface area (Å²) in [5.41, 5.74) is 2.15. The molecule has 34 heavy (non-hydrogen) atoms. The molecular formula is C29H28N2O3. The third kappa shape index (κ3) is 4.85. The minimum Gasteiger partial charge on any atom is -0.357 e. The lowest BCUT2D eigenvalue weighted by atomic mass is 9.80. The van der Waals surface area contributed by atoms with Gasteiger partial charge in [-0.2, -0.15) is 0 Å². The third-order valence-corrected chi connectivity index (χ3v) is 5.87. The van der Waals surface area contributed by atoms with Gasteiger partial charge in [-0.3, -0.25) is 14.3 Å². The molecule has 0 aliphatic carbocycles. The van der Waals surface area contributed by atoms with E-state index >= 15 is 0 Å². The van der Waals surface area contributed by atoms with Crippen LogP contribution in [0.15, 0.2) is 119 Å². The number of nitrogens with one attached hydrogen (secondary N) is 1. The van der Waals surface area contributed by atoms with Gasteiger partial charge in [0.25, 0.3) is 5.56 Å². The van der Waals surface area contributed by atoms with Crippen LogP contribution in [0.1, 0.15) is 29.2 Å². The average molecular weight is 453 g/mol. The molecule has 0 aliphatic rings. The van der Waals surface area contributed by atoms with E-state index in [1.54, 1.807) is 6.20 Å². The first-order valence-corrected chi connectivity index (χ1v) is 11.4. The van der Waals surface area contributed by atoms with Crippen LogP contribution in [-0.4, -0.2) is 16.2 Å². The highest BCUT2D eigenvalue weighted by Crippen LogP contribution is 2.40. The van der Waals surface area contributed by atoms with Crippen molar-refractivity contribution in [2.75, 3.05) is 6.61 Å². The van der Waals surface area contributed by atoms with Crippen molar-refractivity contribution < 1.29 is 4.74 Å². The predicted molar refractivity (Wildman–Crippen MR) is 135 cm³/mol. The van der Waals surface area contributed by atoms with Crippen LogP contribution in [0.2, 0.25) is 0 Å².